The Bertz CT molecular complexity index is 533. The molecule has 1 aromatic heterocycles. The summed E-state index contributed by atoms with van der Waals surface area (Å²) in [6, 6.07) is 8.39. The molecule has 2 aromatic rings. The fourth-order valence-electron chi connectivity index (χ4n) is 2.05. The molecule has 0 saturated carbocycles. The molecule has 0 aliphatic carbocycles. The lowest BCUT2D eigenvalue weighted by atomic mass is 10.2. The number of nitrogens with zero attached hydrogens (tertiary/aromatic N) is 2. The fraction of sp³-hybridized carbons (Fsp3) is 0.308. The molecular weight excluding hydrogens is 296 g/mol. The Labute approximate surface area is 113 Å². The van der Waals surface area contributed by atoms with Gasteiger partial charge in [-0.1, -0.05) is 28.1 Å². The topological polar surface area (TPSA) is 16.1 Å². The lowest BCUT2D eigenvalue weighted by Gasteiger charge is -2.20. The molecule has 17 heavy (non-hydrogen) atoms. The number of likely N-dealkylation sites (N-methyl/N-ethyl adjacent to an activating group) is 1. The minimum Gasteiger partial charge on any atom is -0.300 e. The zero-order valence-electron chi connectivity index (χ0n) is 9.61. The second-order valence-corrected chi connectivity index (χ2v) is 6.38. The van der Waals surface area contributed by atoms with Crippen molar-refractivity contribution in [2.45, 2.75) is 13.0 Å². The lowest BCUT2D eigenvalue weighted by molar-refractivity contribution is 0.311. The first kappa shape index (κ1) is 11.4. The van der Waals surface area contributed by atoms with E-state index in [1.807, 2.05) is 11.3 Å². The maximum absolute atomic E-state index is 4.76. The summed E-state index contributed by atoms with van der Waals surface area (Å²) in [5.74, 6) is 0. The highest BCUT2D eigenvalue weighted by Crippen LogP contribution is 2.31. The van der Waals surface area contributed by atoms with E-state index < -0.39 is 0 Å². The number of hydrogen-bond acceptors (Lipinski definition) is 3. The van der Waals surface area contributed by atoms with Crippen LogP contribution >= 0.6 is 27.3 Å². The van der Waals surface area contributed by atoms with E-state index >= 15 is 0 Å². The van der Waals surface area contributed by atoms with E-state index in [2.05, 4.69) is 52.1 Å². The van der Waals surface area contributed by atoms with E-state index in [9.17, 15) is 0 Å². The third kappa shape index (κ3) is 2.30. The second-order valence-electron chi connectivity index (χ2n) is 4.38. The quantitative estimate of drug-likeness (QED) is 0.801. The van der Waals surface area contributed by atoms with Crippen LogP contribution in [0.5, 0.6) is 0 Å². The van der Waals surface area contributed by atoms with Crippen LogP contribution in [0.25, 0.3) is 10.6 Å². The van der Waals surface area contributed by atoms with E-state index in [-0.39, 0.29) is 0 Å². The molecule has 0 fully saturated rings. The number of fused-ring (bicyclic) bond motifs is 1. The largest absolute Gasteiger partial charge is 0.300 e. The summed E-state index contributed by atoms with van der Waals surface area (Å²) in [4.78, 5) is 8.55. The summed E-state index contributed by atoms with van der Waals surface area (Å²) >= 11 is 5.30. The minimum atomic E-state index is 0.988. The fourth-order valence-corrected chi connectivity index (χ4v) is 3.37. The van der Waals surface area contributed by atoms with E-state index in [1.54, 1.807) is 0 Å². The minimum absolute atomic E-state index is 0.988. The van der Waals surface area contributed by atoms with Gasteiger partial charge < -0.3 is 4.90 Å². The van der Waals surface area contributed by atoms with Gasteiger partial charge in [-0.3, -0.25) is 0 Å². The molecule has 0 atom stereocenters. The van der Waals surface area contributed by atoms with Crippen molar-refractivity contribution in [1.29, 1.82) is 0 Å². The number of rotatable bonds is 1. The van der Waals surface area contributed by atoms with Gasteiger partial charge in [0.1, 0.15) is 5.01 Å². The van der Waals surface area contributed by atoms with Crippen molar-refractivity contribution in [1.82, 2.24) is 9.88 Å². The third-order valence-electron chi connectivity index (χ3n) is 3.01. The van der Waals surface area contributed by atoms with Crippen LogP contribution in [0.3, 0.4) is 0 Å². The third-order valence-corrected chi connectivity index (χ3v) is 4.74. The summed E-state index contributed by atoms with van der Waals surface area (Å²) in [6.07, 6.45) is 1.14. The Morgan fingerprint density at radius 1 is 1.29 bits per heavy atom. The Kier molecular flexibility index (Phi) is 3.03. The predicted molar refractivity (Wildman–Crippen MR) is 75.3 cm³/mol. The van der Waals surface area contributed by atoms with Gasteiger partial charge in [0.25, 0.3) is 0 Å². The summed E-state index contributed by atoms with van der Waals surface area (Å²) in [5, 5.41) is 1.15. The van der Waals surface area contributed by atoms with Crippen LogP contribution in [0.4, 0.5) is 0 Å². The first-order valence-corrected chi connectivity index (χ1v) is 7.26. The number of halogens is 1. The van der Waals surface area contributed by atoms with Crippen LogP contribution in [0.1, 0.15) is 10.6 Å². The Morgan fingerprint density at radius 3 is 2.82 bits per heavy atom. The molecule has 2 heterocycles. The van der Waals surface area contributed by atoms with Gasteiger partial charge in [0.2, 0.25) is 0 Å². The maximum atomic E-state index is 4.76. The molecule has 4 heteroatoms. The number of thiazole rings is 1. The Morgan fingerprint density at radius 2 is 2.06 bits per heavy atom. The maximum Gasteiger partial charge on any atom is 0.123 e. The van der Waals surface area contributed by atoms with Crippen molar-refractivity contribution in [3.05, 3.63) is 39.3 Å². The van der Waals surface area contributed by atoms with Crippen molar-refractivity contribution in [3.8, 4) is 10.6 Å². The van der Waals surface area contributed by atoms with Crippen LogP contribution in [0, 0.1) is 0 Å². The van der Waals surface area contributed by atoms with Crippen LogP contribution in [0.2, 0.25) is 0 Å². The number of benzene rings is 1. The molecule has 0 saturated heterocycles. The van der Waals surface area contributed by atoms with Gasteiger partial charge in [0, 0.05) is 28.0 Å². The molecule has 1 aliphatic rings. The molecule has 0 radical (unpaired) electrons. The summed E-state index contributed by atoms with van der Waals surface area (Å²) in [5.41, 5.74) is 2.48. The Hall–Kier alpha value is -0.710. The van der Waals surface area contributed by atoms with Gasteiger partial charge in [-0.25, -0.2) is 4.98 Å². The monoisotopic (exact) mass is 308 g/mol. The SMILES string of the molecule is CN1CCc2sc(-c3ccc(Br)cc3)nc2C1. The molecular formula is C13H13BrN2S. The zero-order valence-corrected chi connectivity index (χ0v) is 12.0. The highest BCUT2D eigenvalue weighted by Gasteiger charge is 2.18. The molecule has 0 unspecified atom stereocenters. The standard InChI is InChI=1S/C13H13BrN2S/c1-16-7-6-12-11(8-16)15-13(17-12)9-2-4-10(14)5-3-9/h2-5H,6-8H2,1H3. The van der Waals surface area contributed by atoms with E-state index in [4.69, 9.17) is 4.98 Å². The normalized spacial score (nSPS) is 15.9. The smallest absolute Gasteiger partial charge is 0.123 e. The van der Waals surface area contributed by atoms with Crippen molar-refractivity contribution in [2.24, 2.45) is 0 Å². The van der Waals surface area contributed by atoms with Crippen LogP contribution < -0.4 is 0 Å². The molecule has 0 amide bonds. The van der Waals surface area contributed by atoms with Gasteiger partial charge >= 0.3 is 0 Å². The summed E-state index contributed by atoms with van der Waals surface area (Å²) in [7, 11) is 2.15. The predicted octanol–water partition coefficient (Wildman–Crippen LogP) is 3.56. The first-order valence-electron chi connectivity index (χ1n) is 5.65. The van der Waals surface area contributed by atoms with Crippen molar-refractivity contribution in [2.75, 3.05) is 13.6 Å². The molecule has 0 bridgehead atoms. The van der Waals surface area contributed by atoms with Crippen LogP contribution in [-0.4, -0.2) is 23.5 Å². The summed E-state index contributed by atoms with van der Waals surface area (Å²) < 4.78 is 1.11. The second kappa shape index (κ2) is 4.52. The molecule has 1 aliphatic heterocycles. The van der Waals surface area contributed by atoms with Crippen molar-refractivity contribution in [3.63, 3.8) is 0 Å². The van der Waals surface area contributed by atoms with E-state index in [1.165, 1.54) is 16.1 Å². The molecule has 1 aromatic carbocycles. The number of aromatic nitrogens is 1. The molecule has 0 N–H and O–H groups in total. The van der Waals surface area contributed by atoms with Crippen molar-refractivity contribution < 1.29 is 0 Å². The average Bonchev–Trinajstić information content (AvgIpc) is 2.72. The molecule has 88 valence electrons. The van der Waals surface area contributed by atoms with Gasteiger partial charge in [-0.15, -0.1) is 11.3 Å². The number of hydrogen-bond donors (Lipinski definition) is 0. The average molecular weight is 309 g/mol. The van der Waals surface area contributed by atoms with Crippen molar-refractivity contribution >= 4 is 27.3 Å². The van der Waals surface area contributed by atoms with E-state index in [0.29, 0.717) is 0 Å². The Balaban J connectivity index is 1.97. The first-order chi connectivity index (χ1) is 8.22. The van der Waals surface area contributed by atoms with Gasteiger partial charge in [0.15, 0.2) is 0 Å². The van der Waals surface area contributed by atoms with Gasteiger partial charge in [0.05, 0.1) is 5.69 Å². The van der Waals surface area contributed by atoms with Crippen LogP contribution in [0.15, 0.2) is 28.7 Å². The highest BCUT2D eigenvalue weighted by molar-refractivity contribution is 9.10. The lowest BCUT2D eigenvalue weighted by Crippen LogP contribution is -2.25. The summed E-state index contributed by atoms with van der Waals surface area (Å²) in [6.45, 7) is 2.14. The van der Waals surface area contributed by atoms with Gasteiger partial charge in [-0.2, -0.15) is 0 Å². The van der Waals surface area contributed by atoms with Crippen LogP contribution in [-0.2, 0) is 13.0 Å². The molecule has 2 nitrogen and oxygen atoms in total. The highest BCUT2D eigenvalue weighted by atomic mass is 79.9. The zero-order chi connectivity index (χ0) is 11.8. The molecule has 3 rings (SSSR count). The van der Waals surface area contributed by atoms with E-state index in [0.717, 1.165) is 29.0 Å². The molecule has 0 spiro atoms. The van der Waals surface area contributed by atoms with Gasteiger partial charge in [-0.05, 0) is 25.6 Å².